The Morgan fingerprint density at radius 2 is 1.82 bits per heavy atom. The van der Waals surface area contributed by atoms with Crippen LogP contribution in [0.15, 0.2) is 30.3 Å². The van der Waals surface area contributed by atoms with Crippen LogP contribution in [0.3, 0.4) is 0 Å². The zero-order valence-corrected chi connectivity index (χ0v) is 20.4. The fourth-order valence-corrected chi connectivity index (χ4v) is 6.86. The van der Waals surface area contributed by atoms with Crippen molar-refractivity contribution in [2.24, 2.45) is 11.8 Å². The first kappa shape index (κ1) is 23.2. The number of ether oxygens (including phenoxy) is 1. The molecule has 180 valence electrons. The first-order chi connectivity index (χ1) is 16.5. The van der Waals surface area contributed by atoms with E-state index < -0.39 is 5.97 Å². The lowest BCUT2D eigenvalue weighted by atomic mass is 9.86. The number of carbonyl (C=O) groups is 1. The fourth-order valence-electron chi connectivity index (χ4n) is 6.86. The molecule has 34 heavy (non-hydrogen) atoms. The third kappa shape index (κ3) is 4.29. The van der Waals surface area contributed by atoms with E-state index in [4.69, 9.17) is 4.74 Å². The number of benzene rings is 2. The van der Waals surface area contributed by atoms with Gasteiger partial charge in [-0.3, -0.25) is 9.69 Å². The van der Waals surface area contributed by atoms with Gasteiger partial charge in [-0.2, -0.15) is 5.26 Å². The number of hydrogen-bond acceptors (Lipinski definition) is 4. The summed E-state index contributed by atoms with van der Waals surface area (Å²) in [6.45, 7) is 4.50. The van der Waals surface area contributed by atoms with Crippen molar-refractivity contribution in [1.82, 2.24) is 4.90 Å². The molecule has 2 heterocycles. The van der Waals surface area contributed by atoms with E-state index in [0.717, 1.165) is 55.2 Å². The molecule has 1 aliphatic carbocycles. The Labute approximate surface area is 202 Å². The van der Waals surface area contributed by atoms with Crippen LogP contribution in [-0.2, 0) is 4.79 Å². The summed E-state index contributed by atoms with van der Waals surface area (Å²) in [6.07, 6.45) is 9.69. The van der Waals surface area contributed by atoms with Gasteiger partial charge in [0.2, 0.25) is 0 Å². The minimum Gasteiger partial charge on any atom is -0.489 e. The first-order valence-corrected chi connectivity index (χ1v) is 13.1. The number of nitrogens with zero attached hydrogens (tertiary/aromatic N) is 2. The maximum Gasteiger partial charge on any atom is 0.306 e. The molecule has 0 spiro atoms. The van der Waals surface area contributed by atoms with Gasteiger partial charge in [0.1, 0.15) is 17.4 Å². The molecule has 2 aromatic carbocycles. The van der Waals surface area contributed by atoms with Gasteiger partial charge >= 0.3 is 5.97 Å². The molecule has 1 N–H and O–H groups in total. The second-order valence-corrected chi connectivity index (χ2v) is 10.7. The predicted molar refractivity (Wildman–Crippen MR) is 133 cm³/mol. The molecule has 5 nitrogen and oxygen atoms in total. The zero-order valence-electron chi connectivity index (χ0n) is 20.4. The Morgan fingerprint density at radius 1 is 1.12 bits per heavy atom. The summed E-state index contributed by atoms with van der Waals surface area (Å²) in [4.78, 5) is 14.1. The van der Waals surface area contributed by atoms with E-state index in [1.807, 2.05) is 6.07 Å². The van der Waals surface area contributed by atoms with E-state index in [1.54, 1.807) is 0 Å². The number of hydrogen-bond donors (Lipinski definition) is 1. The molecular formula is C29H36N2O3. The second kappa shape index (κ2) is 9.58. The summed E-state index contributed by atoms with van der Waals surface area (Å²) < 4.78 is 6.34. The highest BCUT2D eigenvalue weighted by atomic mass is 16.5. The summed E-state index contributed by atoms with van der Waals surface area (Å²) in [7, 11) is 0. The largest absolute Gasteiger partial charge is 0.489 e. The highest BCUT2D eigenvalue weighted by Gasteiger charge is 2.45. The van der Waals surface area contributed by atoms with Gasteiger partial charge in [0.15, 0.2) is 0 Å². The van der Waals surface area contributed by atoms with Gasteiger partial charge in [0, 0.05) is 23.5 Å². The summed E-state index contributed by atoms with van der Waals surface area (Å²) in [5.74, 6) is 0.684. The van der Waals surface area contributed by atoms with E-state index in [2.05, 4.69) is 49.1 Å². The lowest BCUT2D eigenvalue weighted by Crippen LogP contribution is -2.45. The van der Waals surface area contributed by atoms with Crippen LogP contribution in [0.1, 0.15) is 88.8 Å². The number of aliphatic carboxylic acids is 1. The Balaban J connectivity index is 1.35. The third-order valence-electron chi connectivity index (χ3n) is 8.85. The lowest BCUT2D eigenvalue weighted by Gasteiger charge is -2.41. The summed E-state index contributed by atoms with van der Waals surface area (Å²) in [5, 5.41) is 21.5. The monoisotopic (exact) mass is 460 g/mol. The van der Waals surface area contributed by atoms with E-state index in [-0.39, 0.29) is 18.1 Å². The molecule has 5 rings (SSSR count). The number of rotatable bonds is 6. The first-order valence-electron chi connectivity index (χ1n) is 13.1. The van der Waals surface area contributed by atoms with Gasteiger partial charge in [-0.1, -0.05) is 31.5 Å². The van der Waals surface area contributed by atoms with Crippen LogP contribution < -0.4 is 4.74 Å². The minimum absolute atomic E-state index is 0.203. The molecule has 2 bridgehead atoms. The molecule has 3 aliphatic rings. The van der Waals surface area contributed by atoms with Crippen LogP contribution in [-0.4, -0.2) is 34.2 Å². The van der Waals surface area contributed by atoms with Gasteiger partial charge in [0.25, 0.3) is 0 Å². The van der Waals surface area contributed by atoms with Crippen LogP contribution in [0, 0.1) is 23.2 Å². The molecule has 3 unspecified atom stereocenters. The average molecular weight is 461 g/mol. The van der Waals surface area contributed by atoms with Gasteiger partial charge in [-0.15, -0.1) is 0 Å². The van der Waals surface area contributed by atoms with Crippen molar-refractivity contribution < 1.29 is 14.6 Å². The van der Waals surface area contributed by atoms with Crippen LogP contribution in [0.4, 0.5) is 0 Å². The molecule has 2 aromatic rings. The predicted octanol–water partition coefficient (Wildman–Crippen LogP) is 6.45. The van der Waals surface area contributed by atoms with Crippen molar-refractivity contribution >= 4 is 16.7 Å². The molecule has 2 saturated heterocycles. The smallest absolute Gasteiger partial charge is 0.306 e. The van der Waals surface area contributed by atoms with E-state index in [1.165, 1.54) is 24.8 Å². The molecule has 3 atom stereocenters. The highest BCUT2D eigenvalue weighted by molar-refractivity contribution is 5.90. The van der Waals surface area contributed by atoms with Gasteiger partial charge in [-0.25, -0.2) is 0 Å². The SMILES string of the molecule is CC[C@H]1CC[C@@H](Oc2ccc3cc(C(C)N4C5CCC4CC(C(=O)O)C5)ccc3c2C#N)CC1. The summed E-state index contributed by atoms with van der Waals surface area (Å²) in [5.41, 5.74) is 1.87. The average Bonchev–Trinajstić information content (AvgIpc) is 3.12. The molecule has 1 saturated carbocycles. The summed E-state index contributed by atoms with van der Waals surface area (Å²) in [6, 6.07) is 13.8. The standard InChI is InChI=1S/C29H36N2O3/c1-3-19-4-10-25(11-5-19)34-28-13-7-21-14-20(6-12-26(21)27(28)17-30)18(2)31-23-8-9-24(31)16-22(15-23)29(32)33/h6-7,12-14,18-19,22-25H,3-5,8-11,15-16H2,1-2H3,(H,32,33)/t18?,19-,22?,23?,24?,25+. The van der Waals surface area contributed by atoms with E-state index >= 15 is 0 Å². The number of carboxylic acids is 1. The molecular weight excluding hydrogens is 424 g/mol. The van der Waals surface area contributed by atoms with Crippen molar-refractivity contribution in [2.75, 3.05) is 0 Å². The van der Waals surface area contributed by atoms with Crippen LogP contribution in [0.5, 0.6) is 5.75 Å². The van der Waals surface area contributed by atoms with E-state index in [9.17, 15) is 15.2 Å². The topological polar surface area (TPSA) is 73.6 Å². The van der Waals surface area contributed by atoms with Crippen molar-refractivity contribution in [3.63, 3.8) is 0 Å². The number of carboxylic acid groups (broad SMARTS) is 1. The maximum absolute atomic E-state index is 11.6. The molecule has 0 amide bonds. The van der Waals surface area contributed by atoms with Crippen molar-refractivity contribution in [3.8, 4) is 11.8 Å². The zero-order chi connectivity index (χ0) is 23.8. The maximum atomic E-state index is 11.6. The molecule has 0 radical (unpaired) electrons. The normalized spacial score (nSPS) is 30.1. The quantitative estimate of drug-likeness (QED) is 0.536. The van der Waals surface area contributed by atoms with Crippen molar-refractivity contribution in [1.29, 1.82) is 5.26 Å². The van der Waals surface area contributed by atoms with Gasteiger partial charge in [0.05, 0.1) is 12.0 Å². The second-order valence-electron chi connectivity index (χ2n) is 10.7. The summed E-state index contributed by atoms with van der Waals surface area (Å²) >= 11 is 0. The Hall–Kier alpha value is -2.58. The van der Waals surface area contributed by atoms with E-state index in [0.29, 0.717) is 23.4 Å². The Kier molecular flexibility index (Phi) is 6.53. The van der Waals surface area contributed by atoms with Gasteiger partial charge in [-0.05, 0) is 87.3 Å². The van der Waals surface area contributed by atoms with Crippen molar-refractivity contribution in [2.45, 2.75) is 95.9 Å². The lowest BCUT2D eigenvalue weighted by molar-refractivity contribution is -0.144. The Bertz CT molecular complexity index is 1080. The van der Waals surface area contributed by atoms with Crippen LogP contribution in [0.25, 0.3) is 10.8 Å². The van der Waals surface area contributed by atoms with Crippen LogP contribution >= 0.6 is 0 Å². The molecule has 5 heteroatoms. The third-order valence-corrected chi connectivity index (χ3v) is 8.85. The molecule has 3 fully saturated rings. The minimum atomic E-state index is -0.643. The van der Waals surface area contributed by atoms with Gasteiger partial charge < -0.3 is 9.84 Å². The number of fused-ring (bicyclic) bond motifs is 3. The van der Waals surface area contributed by atoms with Crippen molar-refractivity contribution in [3.05, 3.63) is 41.5 Å². The fraction of sp³-hybridized carbons (Fsp3) is 0.586. The highest BCUT2D eigenvalue weighted by Crippen LogP contribution is 2.44. The Morgan fingerprint density at radius 3 is 2.44 bits per heavy atom. The van der Waals surface area contributed by atoms with Crippen LogP contribution in [0.2, 0.25) is 0 Å². The number of piperidine rings is 1. The number of nitriles is 1. The molecule has 2 aliphatic heterocycles. The molecule has 0 aromatic heterocycles.